The molecule has 16 heavy (non-hydrogen) atoms. The molecule has 2 fully saturated rings. The molecule has 0 atom stereocenters. The van der Waals surface area contributed by atoms with Crippen molar-refractivity contribution >= 4 is 5.96 Å². The Labute approximate surface area is 96.6 Å². The second kappa shape index (κ2) is 5.01. The second-order valence-electron chi connectivity index (χ2n) is 4.50. The van der Waals surface area contributed by atoms with Crippen molar-refractivity contribution < 1.29 is 9.47 Å². The predicted octanol–water partition coefficient (Wildman–Crippen LogP) is 0.467. The molecule has 5 nitrogen and oxygen atoms in total. The van der Waals surface area contributed by atoms with Gasteiger partial charge in [0.15, 0.2) is 11.7 Å². The topological polar surface area (TPSA) is 54.9 Å². The number of aliphatic imine (C=N–C) groups is 1. The molecule has 2 N–H and O–H groups in total. The van der Waals surface area contributed by atoms with E-state index in [-0.39, 0.29) is 0 Å². The summed E-state index contributed by atoms with van der Waals surface area (Å²) in [6, 6.07) is 0.626. The minimum Gasteiger partial charge on any atom is -0.356 e. The Morgan fingerprint density at radius 2 is 2.06 bits per heavy atom. The summed E-state index contributed by atoms with van der Waals surface area (Å²) < 4.78 is 11.1. The lowest BCUT2D eigenvalue weighted by molar-refractivity contribution is -0.145. The van der Waals surface area contributed by atoms with E-state index in [4.69, 9.17) is 9.47 Å². The number of nitrogens with zero attached hydrogens (tertiary/aromatic N) is 1. The average Bonchev–Trinajstić information content (AvgIpc) is 2.99. The molecule has 1 heterocycles. The van der Waals surface area contributed by atoms with Gasteiger partial charge < -0.3 is 20.1 Å². The third-order valence-electron chi connectivity index (χ3n) is 2.91. The number of ether oxygens (including phenoxy) is 2. The fourth-order valence-electron chi connectivity index (χ4n) is 1.72. The van der Waals surface area contributed by atoms with Crippen molar-refractivity contribution in [2.75, 3.05) is 26.8 Å². The van der Waals surface area contributed by atoms with Crippen LogP contribution in [0.15, 0.2) is 4.99 Å². The minimum absolute atomic E-state index is 0.411. The molecule has 0 unspecified atom stereocenters. The van der Waals surface area contributed by atoms with Gasteiger partial charge in [-0.1, -0.05) is 0 Å². The van der Waals surface area contributed by atoms with E-state index in [0.29, 0.717) is 19.3 Å². The monoisotopic (exact) mass is 227 g/mol. The lowest BCUT2D eigenvalue weighted by Gasteiger charge is -2.22. The quantitative estimate of drug-likeness (QED) is 0.541. The molecule has 2 rings (SSSR count). The molecule has 0 spiro atoms. The molecule has 1 aliphatic carbocycles. The lowest BCUT2D eigenvalue weighted by Crippen LogP contribution is -2.41. The van der Waals surface area contributed by atoms with Crippen molar-refractivity contribution in [3.05, 3.63) is 0 Å². The number of hydrogen-bond donors (Lipinski definition) is 2. The molecule has 0 bridgehead atoms. The zero-order chi connectivity index (χ0) is 11.4. The summed E-state index contributed by atoms with van der Waals surface area (Å²) in [7, 11) is 1.79. The number of rotatable bonds is 4. The van der Waals surface area contributed by atoms with Gasteiger partial charge in [-0.2, -0.15) is 0 Å². The van der Waals surface area contributed by atoms with Gasteiger partial charge in [-0.25, -0.2) is 0 Å². The van der Waals surface area contributed by atoms with Gasteiger partial charge in [-0.3, -0.25) is 4.99 Å². The Balaban J connectivity index is 1.65. The normalized spacial score (nSPS) is 24.5. The fraction of sp³-hybridized carbons (Fsp3) is 0.909. The molecule has 92 valence electrons. The first-order chi connectivity index (χ1) is 7.72. The Hall–Kier alpha value is -0.810. The maximum atomic E-state index is 5.53. The Bertz CT molecular complexity index is 258. The maximum Gasteiger partial charge on any atom is 0.191 e. The molecule has 1 saturated carbocycles. The average molecular weight is 227 g/mol. The van der Waals surface area contributed by atoms with Crippen LogP contribution < -0.4 is 10.6 Å². The van der Waals surface area contributed by atoms with Gasteiger partial charge in [0, 0.05) is 26.1 Å². The van der Waals surface area contributed by atoms with Crippen LogP contribution in [0.2, 0.25) is 0 Å². The van der Waals surface area contributed by atoms with Crippen molar-refractivity contribution in [3.8, 4) is 0 Å². The molecule has 5 heteroatoms. The molecule has 0 aromatic heterocycles. The van der Waals surface area contributed by atoms with Crippen molar-refractivity contribution in [2.45, 2.75) is 38.0 Å². The lowest BCUT2D eigenvalue weighted by atomic mass is 10.2. The predicted molar refractivity (Wildman–Crippen MR) is 62.4 cm³/mol. The summed E-state index contributed by atoms with van der Waals surface area (Å²) in [5.74, 6) is 0.468. The molecule has 0 amide bonds. The zero-order valence-electron chi connectivity index (χ0n) is 10.1. The summed E-state index contributed by atoms with van der Waals surface area (Å²) in [5.41, 5.74) is 0. The highest BCUT2D eigenvalue weighted by Gasteiger charge is 2.30. The van der Waals surface area contributed by atoms with Crippen LogP contribution in [0.4, 0.5) is 0 Å². The van der Waals surface area contributed by atoms with Crippen molar-refractivity contribution in [1.82, 2.24) is 10.6 Å². The first-order valence-electron chi connectivity index (χ1n) is 5.97. The second-order valence-corrected chi connectivity index (χ2v) is 4.50. The van der Waals surface area contributed by atoms with E-state index in [1.165, 1.54) is 12.8 Å². The van der Waals surface area contributed by atoms with E-state index >= 15 is 0 Å². The van der Waals surface area contributed by atoms with Crippen molar-refractivity contribution in [3.63, 3.8) is 0 Å². The smallest absolute Gasteiger partial charge is 0.191 e. The van der Waals surface area contributed by atoms with Gasteiger partial charge in [0.25, 0.3) is 0 Å². The largest absolute Gasteiger partial charge is 0.356 e. The van der Waals surface area contributed by atoms with Crippen LogP contribution in [0.3, 0.4) is 0 Å². The van der Waals surface area contributed by atoms with Gasteiger partial charge in [-0.15, -0.1) is 0 Å². The summed E-state index contributed by atoms with van der Waals surface area (Å²) in [5, 5.41) is 6.61. The minimum atomic E-state index is -0.411. The van der Waals surface area contributed by atoms with Gasteiger partial charge in [-0.05, 0) is 19.8 Å². The standard InChI is InChI=1S/C11H21N3O2/c1-11(15-7-8-16-11)5-6-13-10(12-2)14-9-3-4-9/h9H,3-8H2,1-2H3,(H2,12,13,14). The molecule has 0 radical (unpaired) electrons. The maximum absolute atomic E-state index is 5.53. The van der Waals surface area contributed by atoms with Gasteiger partial charge in [0.05, 0.1) is 13.2 Å². The van der Waals surface area contributed by atoms with E-state index in [1.54, 1.807) is 7.05 Å². The third kappa shape index (κ3) is 3.35. The summed E-state index contributed by atoms with van der Waals surface area (Å²) in [6.45, 7) is 4.19. The first kappa shape index (κ1) is 11.7. The van der Waals surface area contributed by atoms with Crippen LogP contribution in [0.1, 0.15) is 26.2 Å². The van der Waals surface area contributed by atoms with Crippen LogP contribution in [0.5, 0.6) is 0 Å². The first-order valence-corrected chi connectivity index (χ1v) is 5.97. The number of guanidine groups is 1. The van der Waals surface area contributed by atoms with Crippen molar-refractivity contribution in [2.24, 2.45) is 4.99 Å². The summed E-state index contributed by atoms with van der Waals surface area (Å²) in [4.78, 5) is 4.17. The molecule has 0 aromatic rings. The Kier molecular flexibility index (Phi) is 3.66. The molecule has 0 aromatic carbocycles. The number of nitrogens with one attached hydrogen (secondary N) is 2. The molecule has 1 aliphatic heterocycles. The number of hydrogen-bond acceptors (Lipinski definition) is 3. The van der Waals surface area contributed by atoms with E-state index in [9.17, 15) is 0 Å². The highest BCUT2D eigenvalue weighted by Crippen LogP contribution is 2.21. The van der Waals surface area contributed by atoms with Crippen LogP contribution >= 0.6 is 0 Å². The van der Waals surface area contributed by atoms with Crippen LogP contribution in [-0.2, 0) is 9.47 Å². The van der Waals surface area contributed by atoms with Crippen LogP contribution in [-0.4, -0.2) is 44.6 Å². The van der Waals surface area contributed by atoms with Crippen LogP contribution in [0.25, 0.3) is 0 Å². The Morgan fingerprint density at radius 3 is 2.62 bits per heavy atom. The van der Waals surface area contributed by atoms with E-state index < -0.39 is 5.79 Å². The SMILES string of the molecule is CN=C(NCCC1(C)OCCO1)NC1CC1. The highest BCUT2D eigenvalue weighted by atomic mass is 16.7. The summed E-state index contributed by atoms with van der Waals surface area (Å²) >= 11 is 0. The van der Waals surface area contributed by atoms with E-state index in [1.807, 2.05) is 6.92 Å². The fourth-order valence-corrected chi connectivity index (χ4v) is 1.72. The van der Waals surface area contributed by atoms with E-state index in [0.717, 1.165) is 18.9 Å². The molecular formula is C11H21N3O2. The van der Waals surface area contributed by atoms with Crippen LogP contribution in [0, 0.1) is 0 Å². The van der Waals surface area contributed by atoms with E-state index in [2.05, 4.69) is 15.6 Å². The van der Waals surface area contributed by atoms with Gasteiger partial charge in [0.1, 0.15) is 0 Å². The molecular weight excluding hydrogens is 206 g/mol. The Morgan fingerprint density at radius 1 is 1.38 bits per heavy atom. The highest BCUT2D eigenvalue weighted by molar-refractivity contribution is 5.80. The summed E-state index contributed by atoms with van der Waals surface area (Å²) in [6.07, 6.45) is 3.34. The third-order valence-corrected chi connectivity index (χ3v) is 2.91. The van der Waals surface area contributed by atoms with Gasteiger partial charge in [0.2, 0.25) is 0 Å². The van der Waals surface area contributed by atoms with Gasteiger partial charge >= 0.3 is 0 Å². The van der Waals surface area contributed by atoms with Crippen molar-refractivity contribution in [1.29, 1.82) is 0 Å². The zero-order valence-corrected chi connectivity index (χ0v) is 10.1. The molecule has 2 aliphatic rings. The molecule has 1 saturated heterocycles.